The molecule has 3 aliphatic rings. The molecule has 2 aliphatic heterocycles. The van der Waals surface area contributed by atoms with Crippen molar-refractivity contribution in [2.45, 2.75) is 182 Å². The first-order chi connectivity index (χ1) is 37.8. The van der Waals surface area contributed by atoms with E-state index < -0.39 is 0 Å². The average molecular weight is 1080 g/mol. The maximum Gasteiger partial charge on any atom is 0.264 e. The smallest absolute Gasteiger partial charge is 0.264 e. The SMILES string of the molecule is CC(C)(C)c1ccc(N2c3ccc(C(C)(C)C)cc3B3c4sc5cc(C(C)(C)C)cc(C(C)(C)C)c5c4N(c4ccc(C(C)(C)C)cc4)c4cc(N(c5ccc6c(c5)C(C)(C)CCC6(C)C)c5ccc6ccccc6c5)cc2c43)cc1. The molecular weight excluding hydrogens is 998 g/mol. The minimum Gasteiger partial charge on any atom is -0.311 e. The summed E-state index contributed by atoms with van der Waals surface area (Å²) in [4.78, 5) is 7.93. The normalized spacial score (nSPS) is 15.9. The van der Waals surface area contributed by atoms with Crippen LogP contribution in [0.2, 0.25) is 0 Å². The maximum absolute atomic E-state index is 2.71. The predicted octanol–water partition coefficient (Wildman–Crippen LogP) is 20.4. The Morgan fingerprint density at radius 2 is 0.951 bits per heavy atom. The Hall–Kier alpha value is -6.56. The number of benzene rings is 8. The van der Waals surface area contributed by atoms with Crippen LogP contribution in [0.25, 0.3) is 20.9 Å². The van der Waals surface area contributed by atoms with Gasteiger partial charge in [-0.05, 0) is 184 Å². The third kappa shape index (κ3) is 9.33. The molecule has 414 valence electrons. The highest BCUT2D eigenvalue weighted by Gasteiger charge is 2.48. The molecule has 8 aromatic carbocycles. The lowest BCUT2D eigenvalue weighted by molar-refractivity contribution is 0.332. The fraction of sp³-hybridized carbons (Fsp3) is 0.368. The van der Waals surface area contributed by atoms with Crippen molar-refractivity contribution in [2.75, 3.05) is 14.7 Å². The van der Waals surface area contributed by atoms with E-state index in [1.807, 2.05) is 11.3 Å². The minimum atomic E-state index is -0.148. The van der Waals surface area contributed by atoms with Crippen molar-refractivity contribution in [1.82, 2.24) is 0 Å². The largest absolute Gasteiger partial charge is 0.311 e. The van der Waals surface area contributed by atoms with Crippen LogP contribution in [0, 0.1) is 0 Å². The molecule has 5 heteroatoms. The van der Waals surface area contributed by atoms with Gasteiger partial charge >= 0.3 is 0 Å². The van der Waals surface area contributed by atoms with Crippen LogP contribution >= 0.6 is 11.3 Å². The third-order valence-electron chi connectivity index (χ3n) is 18.6. The van der Waals surface area contributed by atoms with Gasteiger partial charge in [0.15, 0.2) is 0 Å². The van der Waals surface area contributed by atoms with Crippen LogP contribution in [0.15, 0.2) is 152 Å². The topological polar surface area (TPSA) is 9.72 Å². The van der Waals surface area contributed by atoms with Crippen molar-refractivity contribution in [2.24, 2.45) is 0 Å². The highest BCUT2D eigenvalue weighted by atomic mass is 32.1. The van der Waals surface area contributed by atoms with Crippen LogP contribution in [0.1, 0.15) is 183 Å². The molecule has 0 fully saturated rings. The minimum absolute atomic E-state index is 0.00250. The second kappa shape index (κ2) is 18.5. The van der Waals surface area contributed by atoms with Crippen molar-refractivity contribution in [3.05, 3.63) is 191 Å². The van der Waals surface area contributed by atoms with Crippen molar-refractivity contribution in [3.8, 4) is 0 Å². The Morgan fingerprint density at radius 1 is 0.432 bits per heavy atom. The zero-order chi connectivity index (χ0) is 57.9. The van der Waals surface area contributed by atoms with Gasteiger partial charge in [0.05, 0.1) is 11.4 Å². The van der Waals surface area contributed by atoms with E-state index in [2.05, 4.69) is 298 Å². The fourth-order valence-electron chi connectivity index (χ4n) is 13.5. The van der Waals surface area contributed by atoms with E-state index in [9.17, 15) is 0 Å². The van der Waals surface area contributed by atoms with Crippen LogP contribution < -0.4 is 30.4 Å². The van der Waals surface area contributed by atoms with Crippen LogP contribution in [0.3, 0.4) is 0 Å². The van der Waals surface area contributed by atoms with Gasteiger partial charge in [0.25, 0.3) is 6.71 Å². The van der Waals surface area contributed by atoms with Gasteiger partial charge in [-0.1, -0.05) is 210 Å². The highest BCUT2D eigenvalue weighted by molar-refractivity contribution is 7.33. The lowest BCUT2D eigenvalue weighted by atomic mass is 9.36. The van der Waals surface area contributed by atoms with E-state index >= 15 is 0 Å². The number of thiophene rings is 1. The zero-order valence-corrected chi connectivity index (χ0v) is 53.0. The number of anilines is 9. The number of nitrogens with zero attached hydrogens (tertiary/aromatic N) is 3. The number of hydrogen-bond donors (Lipinski definition) is 0. The van der Waals surface area contributed by atoms with Gasteiger partial charge in [-0.3, -0.25) is 0 Å². The van der Waals surface area contributed by atoms with E-state index in [1.54, 1.807) is 0 Å². The molecule has 0 radical (unpaired) electrons. The lowest BCUT2D eigenvalue weighted by Crippen LogP contribution is -2.60. The van der Waals surface area contributed by atoms with E-state index in [0.29, 0.717) is 0 Å². The van der Waals surface area contributed by atoms with Gasteiger partial charge in [-0.2, -0.15) is 0 Å². The summed E-state index contributed by atoms with van der Waals surface area (Å²) in [5, 5.41) is 3.83. The van der Waals surface area contributed by atoms with Gasteiger partial charge in [-0.25, -0.2) is 0 Å². The van der Waals surface area contributed by atoms with Crippen molar-refractivity contribution < 1.29 is 0 Å². The molecule has 1 aliphatic carbocycles. The molecule has 0 unspecified atom stereocenters. The summed E-state index contributed by atoms with van der Waals surface area (Å²) >= 11 is 2.03. The fourth-order valence-corrected chi connectivity index (χ4v) is 14.8. The molecule has 0 N–H and O–H groups in total. The highest BCUT2D eigenvalue weighted by Crippen LogP contribution is 2.55. The van der Waals surface area contributed by atoms with Gasteiger partial charge in [0.1, 0.15) is 0 Å². The molecule has 81 heavy (non-hydrogen) atoms. The zero-order valence-electron chi connectivity index (χ0n) is 52.2. The van der Waals surface area contributed by atoms with Crippen molar-refractivity contribution in [3.63, 3.8) is 0 Å². The summed E-state index contributed by atoms with van der Waals surface area (Å²) in [6.45, 7) is 45.2. The standard InChI is InChI=1S/C76H86BN3S/c1-70(2,3)49-25-31-53(32-26-49)79-62-37-29-51(72(7,8)9)42-61(62)77-67-63(79)45-57(78(55-30-24-47-22-20-21-23-48(47)40-55)56-35-36-58-59(44-56)76(18,19)39-38-75(58,16)17)46-64(67)80(54-33-27-50(28-34-54)71(4,5)6)68-66-60(74(13,14)15)41-52(73(10,11)12)43-65(66)81-69(68)77/h20-37,40-46H,38-39H2,1-19H3. The summed E-state index contributed by atoms with van der Waals surface area (Å²) in [7, 11) is 0. The molecule has 3 heterocycles. The number of hydrogen-bond acceptors (Lipinski definition) is 4. The van der Waals surface area contributed by atoms with Crippen molar-refractivity contribution in [1.29, 1.82) is 0 Å². The second-order valence-electron chi connectivity index (χ2n) is 30.7. The van der Waals surface area contributed by atoms with Crippen LogP contribution in [-0.4, -0.2) is 6.71 Å². The Morgan fingerprint density at radius 3 is 1.53 bits per heavy atom. The second-order valence-corrected chi connectivity index (χ2v) is 31.8. The summed E-state index contributed by atoms with van der Waals surface area (Å²) in [5.74, 6) is 0. The molecule has 0 bridgehead atoms. The van der Waals surface area contributed by atoms with Crippen LogP contribution in [0.5, 0.6) is 0 Å². The van der Waals surface area contributed by atoms with Gasteiger partial charge in [0.2, 0.25) is 0 Å². The Kier molecular flexibility index (Phi) is 12.5. The molecule has 0 amide bonds. The monoisotopic (exact) mass is 1080 g/mol. The molecule has 9 aromatic rings. The molecule has 0 saturated carbocycles. The van der Waals surface area contributed by atoms with Crippen LogP contribution in [-0.2, 0) is 37.9 Å². The molecular formula is C76H86BN3S. The van der Waals surface area contributed by atoms with E-state index in [-0.39, 0.29) is 44.6 Å². The molecule has 12 rings (SSSR count). The van der Waals surface area contributed by atoms with Gasteiger partial charge < -0.3 is 14.7 Å². The summed E-state index contributed by atoms with van der Waals surface area (Å²) in [6, 6.07) is 60.2. The van der Waals surface area contributed by atoms with Gasteiger partial charge in [-0.15, -0.1) is 11.3 Å². The first-order valence-corrected chi connectivity index (χ1v) is 30.8. The average Bonchev–Trinajstić information content (AvgIpc) is 2.63. The van der Waals surface area contributed by atoms with E-state index in [1.165, 1.54) is 116 Å². The molecule has 0 atom stereocenters. The van der Waals surface area contributed by atoms with Crippen LogP contribution in [0.4, 0.5) is 51.2 Å². The quantitative estimate of drug-likeness (QED) is 0.159. The molecule has 0 spiro atoms. The molecule has 0 saturated heterocycles. The lowest BCUT2D eigenvalue weighted by Gasteiger charge is -2.45. The summed E-state index contributed by atoms with van der Waals surface area (Å²) < 4.78 is 2.76. The Balaban J connectivity index is 1.26. The first-order valence-electron chi connectivity index (χ1n) is 30.0. The van der Waals surface area contributed by atoms with E-state index in [4.69, 9.17) is 0 Å². The maximum atomic E-state index is 2.71. The predicted molar refractivity (Wildman–Crippen MR) is 357 cm³/mol. The molecule has 3 nitrogen and oxygen atoms in total. The third-order valence-corrected chi connectivity index (χ3v) is 19.8. The summed E-state index contributed by atoms with van der Waals surface area (Å²) in [6.07, 6.45) is 2.31. The first kappa shape index (κ1) is 55.0. The van der Waals surface area contributed by atoms with Crippen molar-refractivity contribution >= 4 is 106 Å². The summed E-state index contributed by atoms with van der Waals surface area (Å²) in [5.41, 5.74) is 23.0. The van der Waals surface area contributed by atoms with Gasteiger partial charge in [0, 0.05) is 54.7 Å². The van der Waals surface area contributed by atoms with E-state index in [0.717, 1.165) is 23.5 Å². The Bertz CT molecular complexity index is 3970. The number of rotatable bonds is 5. The molecule has 1 aromatic heterocycles. The number of fused-ring (bicyclic) bond motifs is 8. The Labute approximate surface area is 490 Å².